The van der Waals surface area contributed by atoms with Crippen LogP contribution < -0.4 is 43.8 Å². The Hall–Kier alpha value is -0.680. The Morgan fingerprint density at radius 1 is 0.310 bits per heavy atom. The van der Waals surface area contributed by atoms with Gasteiger partial charge in [0.15, 0.2) is 0 Å². The van der Waals surface area contributed by atoms with Gasteiger partial charge in [0, 0.05) is 205 Å². The number of nitrogens with one attached hydrogen (secondary N) is 5. The van der Waals surface area contributed by atoms with Crippen molar-refractivity contribution in [2.75, 3.05) is 137 Å². The molecule has 0 amide bonds. The molecule has 0 bridgehead atoms. The van der Waals surface area contributed by atoms with E-state index in [0.29, 0.717) is 18.1 Å². The van der Waals surface area contributed by atoms with Gasteiger partial charge < -0.3 is 53.6 Å². The predicted molar refractivity (Wildman–Crippen MR) is 424 cm³/mol. The number of hydrogen-bond donors (Lipinski definition) is 8. The Morgan fingerprint density at radius 3 is 1.21 bits per heavy atom. The van der Waals surface area contributed by atoms with Gasteiger partial charge in [-0.1, -0.05) is 12.8 Å². The van der Waals surface area contributed by atoms with Gasteiger partial charge in [0.2, 0.25) is 0 Å². The van der Waals surface area contributed by atoms with E-state index in [0.717, 1.165) is 151 Å². The quantitative estimate of drug-likeness (QED) is 0.111. The van der Waals surface area contributed by atoms with E-state index >= 15 is 0 Å². The normalized spacial score (nSPS) is 40.2. The molecule has 18 rings (SSSR count). The van der Waals surface area contributed by atoms with Crippen LogP contribution in [0.4, 0.5) is 0 Å². The molecule has 18 atom stereocenters. The number of nitrogens with two attached hydrogens (primary N) is 3. The summed E-state index contributed by atoms with van der Waals surface area (Å²) in [4.78, 5) is 23.3. The zero-order valence-corrected chi connectivity index (χ0v) is 68.4. The maximum Gasteiger partial charge on any atom is 0.0328 e. The Balaban J connectivity index is 0.000000122. The maximum atomic E-state index is 6.19. The molecule has 582 valence electrons. The van der Waals surface area contributed by atoms with Gasteiger partial charge in [0.25, 0.3) is 0 Å². The Bertz CT molecular complexity index is 2310. The molecule has 100 heavy (non-hydrogen) atoms. The first-order chi connectivity index (χ1) is 47.6. The summed E-state index contributed by atoms with van der Waals surface area (Å²) in [6, 6.07) is 12.9. The molecule has 18 unspecified atom stereocenters. The van der Waals surface area contributed by atoms with Crippen molar-refractivity contribution in [3.63, 3.8) is 0 Å². The first kappa shape index (κ1) is 81.8. The van der Waals surface area contributed by atoms with E-state index in [1.54, 1.807) is 0 Å². The van der Waals surface area contributed by atoms with E-state index in [1.165, 1.54) is 227 Å². The molecule has 14 heterocycles. The fourth-order valence-corrected chi connectivity index (χ4v) is 21.2. The summed E-state index contributed by atoms with van der Waals surface area (Å²) in [5.41, 5.74) is 18.5. The highest BCUT2D eigenvalue weighted by Gasteiger charge is 2.58. The van der Waals surface area contributed by atoms with E-state index in [-0.39, 0.29) is 11.1 Å². The third-order valence-corrected chi connectivity index (χ3v) is 29.3. The van der Waals surface area contributed by atoms with Crippen LogP contribution in [0.2, 0.25) is 0 Å². The van der Waals surface area contributed by atoms with Gasteiger partial charge in [-0.25, -0.2) is 0 Å². The lowest BCUT2D eigenvalue weighted by molar-refractivity contribution is 0.0604. The van der Waals surface area contributed by atoms with E-state index in [1.807, 2.05) is 0 Å². The first-order valence-electron chi connectivity index (χ1n) is 43.3. The third-order valence-electron chi connectivity index (χ3n) is 29.3. The van der Waals surface area contributed by atoms with Crippen LogP contribution in [0.1, 0.15) is 227 Å². The monoisotopic (exact) mass is 1400 g/mol. The fraction of sp³-hybridized carbons (Fsp3) is 1.00. The van der Waals surface area contributed by atoms with Crippen molar-refractivity contribution < 1.29 is 0 Å². The van der Waals surface area contributed by atoms with Crippen molar-refractivity contribution >= 4 is 0 Å². The summed E-state index contributed by atoms with van der Waals surface area (Å²) in [6.07, 6.45) is 22.4. The van der Waals surface area contributed by atoms with Gasteiger partial charge in [-0.05, 0) is 314 Å². The number of likely N-dealkylation sites (tertiary alicyclic amines) is 9. The highest BCUT2D eigenvalue weighted by molar-refractivity contribution is 5.16. The Labute approximate surface area is 616 Å². The summed E-state index contributed by atoms with van der Waals surface area (Å²) in [6.45, 7) is 67.9. The van der Waals surface area contributed by atoms with Gasteiger partial charge >= 0.3 is 0 Å². The lowest BCUT2D eigenvalue weighted by Crippen LogP contribution is -2.62. The van der Waals surface area contributed by atoms with Crippen LogP contribution in [-0.4, -0.2) is 295 Å². The molecule has 17 nitrogen and oxygen atoms in total. The van der Waals surface area contributed by atoms with Crippen LogP contribution >= 0.6 is 0 Å². The average molecular weight is 1400 g/mol. The van der Waals surface area contributed by atoms with Gasteiger partial charge in [-0.15, -0.1) is 0 Å². The van der Waals surface area contributed by atoms with Crippen LogP contribution in [0, 0.1) is 53.3 Å². The predicted octanol–water partition coefficient (Wildman–Crippen LogP) is 8.55. The molecule has 18 fully saturated rings. The topological polar surface area (TPSA) is 167 Å². The number of rotatable bonds is 9. The van der Waals surface area contributed by atoms with Crippen molar-refractivity contribution in [3.05, 3.63) is 0 Å². The largest absolute Gasteiger partial charge is 0.327 e. The molecule has 0 aromatic heterocycles. The van der Waals surface area contributed by atoms with Crippen molar-refractivity contribution in [1.29, 1.82) is 0 Å². The fourth-order valence-electron chi connectivity index (χ4n) is 21.2. The van der Waals surface area contributed by atoms with Gasteiger partial charge in [-0.2, -0.15) is 0 Å². The van der Waals surface area contributed by atoms with Gasteiger partial charge in [0.1, 0.15) is 0 Å². The van der Waals surface area contributed by atoms with Gasteiger partial charge in [0.05, 0.1) is 0 Å². The molecule has 4 saturated carbocycles. The SMILES string of the molecule is CC(C)N1CC2C(N)C2C1.CC(C)N1CC2CC2(N)C1.CC(C)N1CC2CCC2(N)C1.CC(C)N1CC2CCNC2C1.CC(C)N1CC2CNC2C1.CC(C)N1CCC2CCCC2C1.CC(C)N1CCC2CNC2C1.CC(C)N1CCCC2NCCC21.CC(C)N1CCCC2NCCCC21. The second-order valence-electron chi connectivity index (χ2n) is 38.7. The standard InChI is InChI=1S/C11H22N2.C11H21N.C10H20N2.3C9H18N2.3C8H16N2/c1-9(2)13-8-4-5-10-11(13)6-3-7-12-10;1-9(2)12-7-6-10-4-3-5-11(10)8-12;1-8(2)12-7-3-4-9-10(12)5-6-11-9;1-7(2)11-4-3-8-5-10-9(8)6-11;1-7(2)11-5-8-3-4-10-9(8)6-11;1-7(2)11-5-8-3-4-9(8,10)6-11;1-6(2)10-4-7-3-9-8(7)5-10;1-6(2)10-4-7-3-8(7,9)5-10;1-5(2)10-3-6-7(4-10)8(6)9/h9-12H,3-8H2,1-2H3;9-11H,3-8H2,1-2H3;8-11H,3-7H2,1-2H3;2*7-10H,3-6H2,1-2H3;7-8H,3-6,10H2,1-2H3;6-9H,3-5H2,1-2H3;6-7H,3-5,9H2,1-2H3;5-8H,3-4,9H2,1-2H3. The second kappa shape index (κ2) is 37.2. The molecule has 11 N–H and O–H groups in total. The summed E-state index contributed by atoms with van der Waals surface area (Å²) in [5.74, 6) is 8.43. The van der Waals surface area contributed by atoms with Crippen LogP contribution in [0.25, 0.3) is 0 Å². The number of fused-ring (bicyclic) bond motifs is 9. The summed E-state index contributed by atoms with van der Waals surface area (Å²) in [5, 5.41) is 17.8. The van der Waals surface area contributed by atoms with Crippen molar-refractivity contribution in [1.82, 2.24) is 70.7 Å². The Morgan fingerprint density at radius 2 is 0.750 bits per heavy atom. The number of nitrogens with zero attached hydrogens (tertiary/aromatic N) is 9. The van der Waals surface area contributed by atoms with E-state index in [9.17, 15) is 0 Å². The summed E-state index contributed by atoms with van der Waals surface area (Å²) in [7, 11) is 0. The third kappa shape index (κ3) is 21.4. The molecular weight excluding hydrogens is 1240 g/mol. The maximum absolute atomic E-state index is 6.19. The molecular formula is C83H165N17. The molecule has 0 aromatic carbocycles. The molecule has 18 aliphatic rings. The minimum atomic E-state index is 0.213. The second-order valence-corrected chi connectivity index (χ2v) is 38.7. The lowest BCUT2D eigenvalue weighted by Gasteiger charge is -2.47. The van der Waals surface area contributed by atoms with Crippen LogP contribution in [0.5, 0.6) is 0 Å². The lowest BCUT2D eigenvalue weighted by atomic mass is 9.70. The van der Waals surface area contributed by atoms with Crippen molar-refractivity contribution in [2.45, 2.75) is 341 Å². The zero-order chi connectivity index (χ0) is 71.9. The van der Waals surface area contributed by atoms with Crippen LogP contribution in [-0.2, 0) is 0 Å². The Kier molecular flexibility index (Phi) is 30.4. The first-order valence-corrected chi connectivity index (χ1v) is 43.3. The van der Waals surface area contributed by atoms with E-state index < -0.39 is 0 Å². The zero-order valence-electron chi connectivity index (χ0n) is 68.4. The number of piperidine rings is 7. The van der Waals surface area contributed by atoms with Crippen LogP contribution in [0.15, 0.2) is 0 Å². The molecule has 14 saturated heterocycles. The molecule has 4 aliphatic carbocycles. The van der Waals surface area contributed by atoms with E-state index in [2.05, 4.69) is 195 Å². The molecule has 0 spiro atoms. The van der Waals surface area contributed by atoms with Crippen molar-refractivity contribution in [3.8, 4) is 0 Å². The van der Waals surface area contributed by atoms with Crippen molar-refractivity contribution in [2.24, 2.45) is 70.5 Å². The molecule has 14 aliphatic heterocycles. The van der Waals surface area contributed by atoms with Crippen LogP contribution in [0.3, 0.4) is 0 Å². The van der Waals surface area contributed by atoms with E-state index in [4.69, 9.17) is 17.2 Å². The number of hydrogen-bond acceptors (Lipinski definition) is 17. The molecule has 0 radical (unpaired) electrons. The highest BCUT2D eigenvalue weighted by atomic mass is 15.3. The molecule has 0 aromatic rings. The molecule has 17 heteroatoms. The highest BCUT2D eigenvalue weighted by Crippen LogP contribution is 2.48. The summed E-state index contributed by atoms with van der Waals surface area (Å²) < 4.78 is 0. The minimum Gasteiger partial charge on any atom is -0.327 e. The smallest absolute Gasteiger partial charge is 0.0328 e. The average Bonchev–Trinajstić information content (AvgIpc) is 1.59. The summed E-state index contributed by atoms with van der Waals surface area (Å²) >= 11 is 0. The minimum absolute atomic E-state index is 0.213. The van der Waals surface area contributed by atoms with Gasteiger partial charge in [-0.3, -0.25) is 34.3 Å².